The fraction of sp³-hybridized carbons (Fsp3) is 0.809. The molecule has 324 valence electrons. The van der Waals surface area contributed by atoms with Gasteiger partial charge in [0.25, 0.3) is 0 Å². The zero-order valence-electron chi connectivity index (χ0n) is 35.7. The van der Waals surface area contributed by atoms with E-state index < -0.39 is 53.6 Å². The lowest BCUT2D eigenvalue weighted by atomic mass is 9.31. The van der Waals surface area contributed by atoms with E-state index in [-0.39, 0.29) is 71.1 Å². The first kappa shape index (κ1) is 42.7. The van der Waals surface area contributed by atoms with Gasteiger partial charge >= 0.3 is 5.97 Å². The molecule has 0 aromatic heterocycles. The molecule has 6 fully saturated rings. The molecule has 8 rings (SSSR count). The number of rotatable bonds is 10. The number of aliphatic hydroxyl groups is 5. The molecule has 7 N–H and O–H groups in total. The van der Waals surface area contributed by atoms with Gasteiger partial charge in [0.05, 0.1) is 37.4 Å². The van der Waals surface area contributed by atoms with Crippen molar-refractivity contribution in [3.05, 3.63) is 47.0 Å². The van der Waals surface area contributed by atoms with Crippen molar-refractivity contribution in [2.45, 2.75) is 149 Å². The third-order valence-corrected chi connectivity index (χ3v) is 18.5. The molecule has 1 aromatic carbocycles. The number of allylic oxidation sites excluding steroid dienone is 2. The number of carboxylic acids is 1. The highest BCUT2D eigenvalue weighted by atomic mass is 16.7. The highest BCUT2D eigenvalue weighted by molar-refractivity contribution is 5.77. The van der Waals surface area contributed by atoms with Gasteiger partial charge in [0.1, 0.15) is 18.3 Å². The van der Waals surface area contributed by atoms with Gasteiger partial charge in [-0.15, -0.1) is 0 Å². The minimum atomic E-state index is -1.48. The van der Waals surface area contributed by atoms with Gasteiger partial charge in [-0.2, -0.15) is 0 Å². The topological polar surface area (TPSA) is 178 Å². The fourth-order valence-corrected chi connectivity index (χ4v) is 15.4. The van der Waals surface area contributed by atoms with E-state index in [4.69, 9.17) is 14.2 Å². The van der Waals surface area contributed by atoms with Crippen LogP contribution in [0.5, 0.6) is 0 Å². The molecule has 5 saturated carbocycles. The van der Waals surface area contributed by atoms with Gasteiger partial charge in [-0.3, -0.25) is 4.79 Å². The summed E-state index contributed by atoms with van der Waals surface area (Å²) in [6.07, 6.45) is 4.09. The van der Waals surface area contributed by atoms with Crippen molar-refractivity contribution in [3.63, 3.8) is 0 Å². The Morgan fingerprint density at radius 2 is 1.59 bits per heavy atom. The summed E-state index contributed by atoms with van der Waals surface area (Å²) >= 11 is 0. The smallest absolute Gasteiger partial charge is 0.310 e. The number of carbonyl (C=O) groups is 1. The monoisotopic (exact) mass is 810 g/mol. The summed E-state index contributed by atoms with van der Waals surface area (Å²) < 4.78 is 19.5. The summed E-state index contributed by atoms with van der Waals surface area (Å²) in [7, 11) is 1.92. The molecule has 58 heavy (non-hydrogen) atoms. The second-order valence-corrected chi connectivity index (χ2v) is 21.3. The van der Waals surface area contributed by atoms with Crippen molar-refractivity contribution in [2.24, 2.45) is 62.1 Å². The zero-order chi connectivity index (χ0) is 41.6. The van der Waals surface area contributed by atoms with Crippen molar-refractivity contribution in [3.8, 4) is 0 Å². The number of fused-ring (bicyclic) bond motifs is 8. The Bertz CT molecular complexity index is 1720. The Kier molecular flexibility index (Phi) is 11.2. The fourth-order valence-electron chi connectivity index (χ4n) is 15.4. The minimum Gasteiger partial charge on any atom is -0.481 e. The predicted octanol–water partition coefficient (Wildman–Crippen LogP) is 5.19. The molecule has 7 aliphatic rings. The summed E-state index contributed by atoms with van der Waals surface area (Å²) in [5, 5.41) is 68.8. The molecular formula is C47H71NO10. The average molecular weight is 810 g/mol. The van der Waals surface area contributed by atoms with E-state index in [9.17, 15) is 35.4 Å². The molecule has 11 nitrogen and oxygen atoms in total. The molecule has 1 saturated heterocycles. The zero-order valence-corrected chi connectivity index (χ0v) is 35.7. The van der Waals surface area contributed by atoms with Gasteiger partial charge in [0, 0.05) is 18.6 Å². The molecule has 1 aliphatic heterocycles. The second-order valence-electron chi connectivity index (χ2n) is 21.3. The number of ether oxygens (including phenoxy) is 3. The van der Waals surface area contributed by atoms with Crippen LogP contribution in [0.4, 0.5) is 0 Å². The molecule has 11 heteroatoms. The first-order valence-electron chi connectivity index (χ1n) is 22.3. The number of benzene rings is 1. The number of nitrogens with one attached hydrogen (secondary N) is 1. The van der Waals surface area contributed by atoms with Gasteiger partial charge < -0.3 is 50.2 Å². The van der Waals surface area contributed by atoms with Crippen LogP contribution in [0.1, 0.15) is 110 Å². The number of carboxylic acid groups (broad SMARTS) is 1. The maximum Gasteiger partial charge on any atom is 0.310 e. The van der Waals surface area contributed by atoms with Crippen LogP contribution in [0.25, 0.3) is 0 Å². The summed E-state index contributed by atoms with van der Waals surface area (Å²) in [4.78, 5) is 13.7. The molecule has 6 aliphatic carbocycles. The predicted molar refractivity (Wildman–Crippen MR) is 217 cm³/mol. The third-order valence-electron chi connectivity index (χ3n) is 18.5. The van der Waals surface area contributed by atoms with Crippen LogP contribution in [0, 0.1) is 62.1 Å². The number of hydrogen-bond acceptors (Lipinski definition) is 10. The van der Waals surface area contributed by atoms with Crippen molar-refractivity contribution >= 4 is 5.97 Å². The van der Waals surface area contributed by atoms with Crippen molar-refractivity contribution in [1.29, 1.82) is 0 Å². The molecule has 0 radical (unpaired) electrons. The normalized spacial score (nSPS) is 49.8. The lowest BCUT2D eigenvalue weighted by Crippen LogP contribution is -2.70. The van der Waals surface area contributed by atoms with Gasteiger partial charge in [0.15, 0.2) is 6.29 Å². The minimum absolute atomic E-state index is 0.0103. The molecule has 17 atom stereocenters. The number of aliphatic carboxylic acids is 1. The van der Waals surface area contributed by atoms with E-state index >= 15 is 0 Å². The summed E-state index contributed by atoms with van der Waals surface area (Å²) in [6, 6.07) is 8.32. The van der Waals surface area contributed by atoms with Crippen LogP contribution in [0.2, 0.25) is 0 Å². The Morgan fingerprint density at radius 1 is 0.879 bits per heavy atom. The van der Waals surface area contributed by atoms with Crippen LogP contribution in [-0.2, 0) is 32.2 Å². The summed E-state index contributed by atoms with van der Waals surface area (Å²) in [5.41, 5.74) is 0.808. The van der Waals surface area contributed by atoms with Gasteiger partial charge in [-0.25, -0.2) is 0 Å². The highest BCUT2D eigenvalue weighted by Gasteiger charge is 2.74. The second kappa shape index (κ2) is 15.2. The van der Waals surface area contributed by atoms with Crippen molar-refractivity contribution in [2.75, 3.05) is 26.9 Å². The summed E-state index contributed by atoms with van der Waals surface area (Å²) in [6.45, 7) is 12.4. The molecule has 2 bridgehead atoms. The largest absolute Gasteiger partial charge is 0.481 e. The van der Waals surface area contributed by atoms with Crippen molar-refractivity contribution in [1.82, 2.24) is 5.32 Å². The van der Waals surface area contributed by atoms with E-state index in [0.29, 0.717) is 25.9 Å². The third kappa shape index (κ3) is 6.17. The van der Waals surface area contributed by atoms with Gasteiger partial charge in [0.2, 0.25) is 0 Å². The molecule has 1 heterocycles. The van der Waals surface area contributed by atoms with Crippen LogP contribution in [0.15, 0.2) is 35.9 Å². The molecule has 0 amide bonds. The molecule has 0 unspecified atom stereocenters. The lowest BCUT2D eigenvalue weighted by molar-refractivity contribution is -0.333. The highest BCUT2D eigenvalue weighted by Crippen LogP contribution is 2.78. The first-order valence-corrected chi connectivity index (χ1v) is 22.3. The maximum absolute atomic E-state index is 13.7. The Balaban J connectivity index is 1.19. The van der Waals surface area contributed by atoms with Gasteiger partial charge in [-0.1, -0.05) is 77.0 Å². The molecular weight excluding hydrogens is 739 g/mol. The molecule has 1 aromatic rings. The van der Waals surface area contributed by atoms with Gasteiger partial charge in [-0.05, 0) is 127 Å². The SMILES string of the molecule is CNCc1ccc(CO[C@@H]2C[C@@]3(C)[C@@H](CC[C@]4(C)[C@@H]3CC=C3[C@@H]5C[C@@](C)(CO)C[C@H]6CCC[C@H](C[C@@]65C(=O)O)[C@]34C)[C@](C)(CO)[C@@H]2O[C@H]2OC[C@@H](O)[C@H](O)[C@H]2O)cc1. The van der Waals surface area contributed by atoms with E-state index in [2.05, 4.69) is 70.3 Å². The van der Waals surface area contributed by atoms with E-state index in [1.54, 1.807) is 0 Å². The number of hydrogen-bond donors (Lipinski definition) is 7. The molecule has 0 spiro atoms. The van der Waals surface area contributed by atoms with Crippen molar-refractivity contribution < 1.29 is 49.6 Å². The standard InChI is InChI=1S/C47H71NO10/c1-42(25-49)18-30-9-7-8-29-19-47(30,41(54)55)32(20-42)31-14-15-36-43(2)21-34(56-23-28-12-10-27(11-13-28)22-48-6)39(58-40-38(53)37(52)33(51)24-57-40)44(3,26-50)35(43)16-17-45(36,4)46(29,31)5/h10-14,29-30,32-40,48-53H,7-9,15-26H2,1-6H3,(H,54,55)/t29-,30-,32+,33-,34-,35-,36-,37+,38-,39-,40-,42+,43+,44+,45-,46-,47-/m1/s1. The van der Waals surface area contributed by atoms with E-state index in [1.807, 2.05) is 7.05 Å². The van der Waals surface area contributed by atoms with Crippen LogP contribution in [0.3, 0.4) is 0 Å². The Morgan fingerprint density at radius 3 is 2.26 bits per heavy atom. The van der Waals surface area contributed by atoms with Crippen LogP contribution >= 0.6 is 0 Å². The Labute approximate surface area is 344 Å². The van der Waals surface area contributed by atoms with E-state index in [1.165, 1.54) is 11.1 Å². The number of aliphatic hydroxyl groups excluding tert-OH is 5. The van der Waals surface area contributed by atoms with Crippen LogP contribution < -0.4 is 5.32 Å². The van der Waals surface area contributed by atoms with E-state index in [0.717, 1.165) is 57.1 Å². The lowest BCUT2D eigenvalue weighted by Gasteiger charge is -2.73. The Hall–Kier alpha value is -1.93. The maximum atomic E-state index is 13.7. The first-order chi connectivity index (χ1) is 27.5. The van der Waals surface area contributed by atoms with Crippen LogP contribution in [-0.4, -0.2) is 100 Å². The summed E-state index contributed by atoms with van der Waals surface area (Å²) in [5.74, 6) is -0.301. The average Bonchev–Trinajstić information content (AvgIpc) is 3.39. The quantitative estimate of drug-likeness (QED) is 0.122.